The first-order valence-corrected chi connectivity index (χ1v) is 11.0. The van der Waals surface area contributed by atoms with E-state index in [0.717, 1.165) is 28.1 Å². The monoisotopic (exact) mass is 444 g/mol. The van der Waals surface area contributed by atoms with E-state index in [4.69, 9.17) is 14.5 Å². The molecule has 0 unspecified atom stereocenters. The lowest BCUT2D eigenvalue weighted by Gasteiger charge is -2.16. The molecule has 0 aromatic heterocycles. The molecule has 1 aliphatic rings. The zero-order valence-electron chi connectivity index (χ0n) is 18.5. The smallest absolute Gasteiger partial charge is 0.271 e. The molecule has 32 heavy (non-hydrogen) atoms. The maximum atomic E-state index is 13.5. The van der Waals surface area contributed by atoms with Crippen molar-refractivity contribution in [2.45, 2.75) is 13.8 Å². The van der Waals surface area contributed by atoms with Gasteiger partial charge in [0.1, 0.15) is 0 Å². The van der Waals surface area contributed by atoms with Crippen molar-refractivity contribution in [3.63, 3.8) is 0 Å². The number of hydrogen-bond donors (Lipinski definition) is 0. The molecule has 0 aliphatic carbocycles. The molecule has 0 radical (unpaired) electrons. The van der Waals surface area contributed by atoms with Gasteiger partial charge >= 0.3 is 0 Å². The molecular formula is C26H24N2O3S. The molecule has 0 atom stereocenters. The van der Waals surface area contributed by atoms with Crippen molar-refractivity contribution in [1.82, 2.24) is 0 Å². The highest BCUT2D eigenvalue weighted by atomic mass is 32.2. The molecular weight excluding hydrogens is 420 g/mol. The Morgan fingerprint density at radius 3 is 2.16 bits per heavy atom. The molecule has 5 nitrogen and oxygen atoms in total. The molecule has 1 saturated heterocycles. The first-order chi connectivity index (χ1) is 15.5. The van der Waals surface area contributed by atoms with Gasteiger partial charge in [-0.3, -0.25) is 9.69 Å². The second-order valence-corrected chi connectivity index (χ2v) is 8.41. The quantitative estimate of drug-likeness (QED) is 0.444. The molecule has 0 bridgehead atoms. The Morgan fingerprint density at radius 2 is 1.53 bits per heavy atom. The number of para-hydroxylation sites is 1. The Bertz CT molecular complexity index is 1200. The van der Waals surface area contributed by atoms with Crippen molar-refractivity contribution in [2.75, 3.05) is 19.1 Å². The fourth-order valence-corrected chi connectivity index (χ4v) is 4.36. The molecule has 3 aromatic carbocycles. The largest absolute Gasteiger partial charge is 0.493 e. The summed E-state index contributed by atoms with van der Waals surface area (Å²) in [5.74, 6) is 1.07. The Kier molecular flexibility index (Phi) is 6.32. The number of anilines is 1. The van der Waals surface area contributed by atoms with Crippen LogP contribution in [0.4, 0.5) is 11.4 Å². The van der Waals surface area contributed by atoms with Crippen LogP contribution in [-0.4, -0.2) is 25.3 Å². The van der Waals surface area contributed by atoms with E-state index >= 15 is 0 Å². The Balaban J connectivity index is 1.80. The Hall–Kier alpha value is -3.51. The van der Waals surface area contributed by atoms with E-state index < -0.39 is 0 Å². The van der Waals surface area contributed by atoms with E-state index in [9.17, 15) is 4.79 Å². The number of aliphatic imine (C=N–C) groups is 1. The van der Waals surface area contributed by atoms with Crippen molar-refractivity contribution in [1.29, 1.82) is 0 Å². The standard InChI is InChI=1S/C26H24N2O3S/c1-17-8-12-20(13-9-17)27-26-28(21-14-10-18(2)11-15-21)25(29)23(32-26)16-19-6-5-7-22(30-3)24(19)31-4/h5-16H,1-4H3. The lowest BCUT2D eigenvalue weighted by molar-refractivity contribution is -0.113. The summed E-state index contributed by atoms with van der Waals surface area (Å²) in [4.78, 5) is 20.5. The fraction of sp³-hybridized carbons (Fsp3) is 0.154. The van der Waals surface area contributed by atoms with Crippen LogP contribution in [0.2, 0.25) is 0 Å². The molecule has 1 heterocycles. The van der Waals surface area contributed by atoms with Crippen LogP contribution in [0.15, 0.2) is 76.6 Å². The summed E-state index contributed by atoms with van der Waals surface area (Å²) in [6.45, 7) is 4.05. The Labute approximate surface area is 192 Å². The molecule has 0 N–H and O–H groups in total. The number of nitrogens with zero attached hydrogens (tertiary/aromatic N) is 2. The van der Waals surface area contributed by atoms with Crippen LogP contribution in [0.3, 0.4) is 0 Å². The summed E-state index contributed by atoms with van der Waals surface area (Å²) in [7, 11) is 3.18. The number of carbonyl (C=O) groups excluding carboxylic acids is 1. The maximum Gasteiger partial charge on any atom is 0.271 e. The number of amidine groups is 1. The summed E-state index contributed by atoms with van der Waals surface area (Å²) in [5, 5.41) is 0.607. The van der Waals surface area contributed by atoms with Crippen LogP contribution < -0.4 is 14.4 Å². The van der Waals surface area contributed by atoms with E-state index in [0.29, 0.717) is 21.6 Å². The fourth-order valence-electron chi connectivity index (χ4n) is 3.37. The average Bonchev–Trinajstić information content (AvgIpc) is 3.10. The summed E-state index contributed by atoms with van der Waals surface area (Å²) in [6, 6.07) is 21.4. The lowest BCUT2D eigenvalue weighted by atomic mass is 10.1. The highest BCUT2D eigenvalue weighted by Gasteiger charge is 2.35. The molecule has 162 valence electrons. The van der Waals surface area contributed by atoms with Gasteiger partial charge in [-0.05, 0) is 62.0 Å². The summed E-state index contributed by atoms with van der Waals surface area (Å²) < 4.78 is 10.9. The molecule has 0 spiro atoms. The van der Waals surface area contributed by atoms with Gasteiger partial charge < -0.3 is 9.47 Å². The third kappa shape index (κ3) is 4.41. The van der Waals surface area contributed by atoms with Crippen LogP contribution >= 0.6 is 11.8 Å². The highest BCUT2D eigenvalue weighted by Crippen LogP contribution is 2.40. The number of aryl methyl sites for hydroxylation is 2. The van der Waals surface area contributed by atoms with Gasteiger partial charge in [-0.25, -0.2) is 4.99 Å². The van der Waals surface area contributed by atoms with Crippen molar-refractivity contribution in [3.8, 4) is 11.5 Å². The number of carbonyl (C=O) groups is 1. The molecule has 4 rings (SSSR count). The minimum absolute atomic E-state index is 0.130. The number of ether oxygens (including phenoxy) is 2. The first kappa shape index (κ1) is 21.7. The van der Waals surface area contributed by atoms with Gasteiger partial charge in [-0.1, -0.05) is 47.5 Å². The molecule has 0 saturated carbocycles. The maximum absolute atomic E-state index is 13.5. The number of benzene rings is 3. The van der Waals surface area contributed by atoms with Gasteiger partial charge in [0, 0.05) is 5.56 Å². The predicted molar refractivity (Wildman–Crippen MR) is 132 cm³/mol. The van der Waals surface area contributed by atoms with Gasteiger partial charge in [-0.15, -0.1) is 0 Å². The van der Waals surface area contributed by atoms with Crippen LogP contribution in [-0.2, 0) is 4.79 Å². The van der Waals surface area contributed by atoms with Gasteiger partial charge in [0.2, 0.25) is 0 Å². The average molecular weight is 445 g/mol. The minimum Gasteiger partial charge on any atom is -0.493 e. The minimum atomic E-state index is -0.130. The Morgan fingerprint density at radius 1 is 0.875 bits per heavy atom. The predicted octanol–water partition coefficient (Wildman–Crippen LogP) is 6.13. The third-order valence-corrected chi connectivity index (χ3v) is 6.05. The lowest BCUT2D eigenvalue weighted by Crippen LogP contribution is -2.28. The zero-order valence-corrected chi connectivity index (χ0v) is 19.3. The topological polar surface area (TPSA) is 51.1 Å². The number of thioether (sulfide) groups is 1. The number of methoxy groups -OCH3 is 2. The van der Waals surface area contributed by atoms with Crippen LogP contribution in [0, 0.1) is 13.8 Å². The van der Waals surface area contributed by atoms with Crippen molar-refractivity contribution in [2.24, 2.45) is 4.99 Å². The van der Waals surface area contributed by atoms with E-state index in [1.165, 1.54) is 11.8 Å². The van der Waals surface area contributed by atoms with E-state index in [1.54, 1.807) is 19.1 Å². The van der Waals surface area contributed by atoms with Crippen molar-refractivity contribution >= 4 is 40.3 Å². The van der Waals surface area contributed by atoms with E-state index in [1.807, 2.05) is 86.7 Å². The summed E-state index contributed by atoms with van der Waals surface area (Å²) >= 11 is 1.34. The van der Waals surface area contributed by atoms with Gasteiger partial charge in [0.05, 0.1) is 30.5 Å². The molecule has 1 amide bonds. The number of rotatable bonds is 5. The first-order valence-electron chi connectivity index (χ1n) is 10.2. The zero-order chi connectivity index (χ0) is 22.7. The van der Waals surface area contributed by atoms with Crippen molar-refractivity contribution in [3.05, 3.63) is 88.3 Å². The molecule has 6 heteroatoms. The molecule has 1 fully saturated rings. The molecule has 3 aromatic rings. The molecule has 1 aliphatic heterocycles. The van der Waals surface area contributed by atoms with Crippen LogP contribution in [0.5, 0.6) is 11.5 Å². The second kappa shape index (κ2) is 9.32. The summed E-state index contributed by atoms with van der Waals surface area (Å²) in [6.07, 6.45) is 1.83. The normalized spacial score (nSPS) is 16.1. The SMILES string of the molecule is COc1cccc(C=C2SC(=Nc3ccc(C)cc3)N(c3ccc(C)cc3)C2=O)c1OC. The third-order valence-electron chi connectivity index (χ3n) is 5.08. The van der Waals surface area contributed by atoms with E-state index in [2.05, 4.69) is 0 Å². The van der Waals surface area contributed by atoms with Gasteiger partial charge in [0.25, 0.3) is 5.91 Å². The number of hydrogen-bond acceptors (Lipinski definition) is 5. The van der Waals surface area contributed by atoms with Crippen molar-refractivity contribution < 1.29 is 14.3 Å². The highest BCUT2D eigenvalue weighted by molar-refractivity contribution is 8.19. The van der Waals surface area contributed by atoms with Crippen LogP contribution in [0.1, 0.15) is 16.7 Å². The summed E-state index contributed by atoms with van der Waals surface area (Å²) in [5.41, 5.74) is 4.62. The van der Waals surface area contributed by atoms with Gasteiger partial charge in [0.15, 0.2) is 16.7 Å². The number of amides is 1. The van der Waals surface area contributed by atoms with Crippen LogP contribution in [0.25, 0.3) is 6.08 Å². The van der Waals surface area contributed by atoms with E-state index in [-0.39, 0.29) is 5.91 Å². The second-order valence-electron chi connectivity index (χ2n) is 7.40. The van der Waals surface area contributed by atoms with Gasteiger partial charge in [-0.2, -0.15) is 0 Å².